The third kappa shape index (κ3) is 2.99. The van der Waals surface area contributed by atoms with Gasteiger partial charge in [0.15, 0.2) is 0 Å². The molecule has 0 aliphatic rings. The quantitative estimate of drug-likeness (QED) is 0.867. The van der Waals surface area contributed by atoms with Crippen molar-refractivity contribution in [2.24, 2.45) is 5.73 Å². The van der Waals surface area contributed by atoms with Gasteiger partial charge >= 0.3 is 0 Å². The zero-order valence-electron chi connectivity index (χ0n) is 11.3. The monoisotopic (exact) mass is 243 g/mol. The van der Waals surface area contributed by atoms with E-state index in [1.807, 2.05) is 13.1 Å². The molecule has 0 fully saturated rings. The Bertz CT molecular complexity index is 526. The molecule has 1 aromatic carbocycles. The van der Waals surface area contributed by atoms with E-state index < -0.39 is 0 Å². The number of hydrogen-bond acceptors (Lipinski definition) is 2. The number of hydrogen-bond donors (Lipinski definition) is 2. The lowest BCUT2D eigenvalue weighted by molar-refractivity contribution is 0.652. The molecule has 1 heterocycles. The van der Waals surface area contributed by atoms with Crippen LogP contribution in [-0.4, -0.2) is 16.0 Å². The molecule has 1 aromatic heterocycles. The molecule has 1 atom stereocenters. The molecule has 18 heavy (non-hydrogen) atoms. The second-order valence-electron chi connectivity index (χ2n) is 5.08. The molecule has 3 nitrogen and oxygen atoms in total. The van der Waals surface area contributed by atoms with Crippen molar-refractivity contribution in [1.82, 2.24) is 9.97 Å². The molecule has 0 aliphatic heterocycles. The maximum absolute atomic E-state index is 5.76. The lowest BCUT2D eigenvalue weighted by Gasteiger charge is -2.05. The number of aryl methyl sites for hydroxylation is 3. The zero-order chi connectivity index (χ0) is 13.1. The number of nitrogens with two attached hydrogens (primary N) is 1. The predicted molar refractivity (Wildman–Crippen MR) is 75.5 cm³/mol. The van der Waals surface area contributed by atoms with Crippen molar-refractivity contribution in [3.63, 3.8) is 0 Å². The molecule has 2 aromatic rings. The van der Waals surface area contributed by atoms with Crippen molar-refractivity contribution in [2.75, 3.05) is 0 Å². The van der Waals surface area contributed by atoms with Crippen molar-refractivity contribution < 1.29 is 0 Å². The Labute approximate surface area is 108 Å². The van der Waals surface area contributed by atoms with Crippen LogP contribution in [0.2, 0.25) is 0 Å². The molecule has 96 valence electrons. The van der Waals surface area contributed by atoms with Crippen LogP contribution in [0.1, 0.15) is 30.3 Å². The summed E-state index contributed by atoms with van der Waals surface area (Å²) in [5.74, 6) is 1.02. The fourth-order valence-corrected chi connectivity index (χ4v) is 2.02. The minimum absolute atomic E-state index is 0.222. The molecule has 1 unspecified atom stereocenters. The average Bonchev–Trinajstić information content (AvgIpc) is 2.78. The molecule has 2 rings (SSSR count). The van der Waals surface area contributed by atoms with Gasteiger partial charge in [-0.3, -0.25) is 0 Å². The Hall–Kier alpha value is -1.61. The highest BCUT2D eigenvalue weighted by Crippen LogP contribution is 2.23. The van der Waals surface area contributed by atoms with E-state index >= 15 is 0 Å². The van der Waals surface area contributed by atoms with Crippen LogP contribution < -0.4 is 5.73 Å². The molecule has 0 spiro atoms. The van der Waals surface area contributed by atoms with E-state index in [0.29, 0.717) is 0 Å². The first-order valence-electron chi connectivity index (χ1n) is 6.43. The minimum Gasteiger partial charge on any atom is -0.342 e. The third-order valence-electron chi connectivity index (χ3n) is 3.15. The second-order valence-corrected chi connectivity index (χ2v) is 5.08. The highest BCUT2D eigenvalue weighted by molar-refractivity contribution is 5.63. The van der Waals surface area contributed by atoms with Crippen LogP contribution in [0.5, 0.6) is 0 Å². The molecule has 0 saturated carbocycles. The number of rotatable bonds is 4. The van der Waals surface area contributed by atoms with Gasteiger partial charge in [-0.25, -0.2) is 4.98 Å². The number of aromatic nitrogens is 2. The van der Waals surface area contributed by atoms with Crippen molar-refractivity contribution >= 4 is 0 Å². The van der Waals surface area contributed by atoms with E-state index in [-0.39, 0.29) is 6.04 Å². The van der Waals surface area contributed by atoms with Gasteiger partial charge in [-0.2, -0.15) is 0 Å². The standard InChI is InChI=1S/C15H21N3/c1-10-4-5-11(2)13(8-10)14-9-17-15(18-14)7-6-12(3)16/h4-5,8-9,12H,6-7,16H2,1-3H3,(H,17,18). The Kier molecular flexibility index (Phi) is 3.82. The molecular weight excluding hydrogens is 222 g/mol. The summed E-state index contributed by atoms with van der Waals surface area (Å²) in [5.41, 5.74) is 10.6. The van der Waals surface area contributed by atoms with Crippen molar-refractivity contribution in [1.29, 1.82) is 0 Å². The van der Waals surface area contributed by atoms with Gasteiger partial charge in [0.25, 0.3) is 0 Å². The van der Waals surface area contributed by atoms with Crippen LogP contribution in [0, 0.1) is 13.8 Å². The van der Waals surface area contributed by atoms with Gasteiger partial charge in [-0.15, -0.1) is 0 Å². The van der Waals surface area contributed by atoms with Gasteiger partial charge in [0.2, 0.25) is 0 Å². The van der Waals surface area contributed by atoms with Crippen molar-refractivity contribution in [3.05, 3.63) is 41.3 Å². The van der Waals surface area contributed by atoms with Crippen LogP contribution in [0.3, 0.4) is 0 Å². The largest absolute Gasteiger partial charge is 0.342 e. The predicted octanol–water partition coefficient (Wildman–Crippen LogP) is 2.97. The number of nitrogens with zero attached hydrogens (tertiary/aromatic N) is 1. The fraction of sp³-hybridized carbons (Fsp3) is 0.400. The average molecular weight is 243 g/mol. The summed E-state index contributed by atoms with van der Waals surface area (Å²) >= 11 is 0. The number of imidazole rings is 1. The minimum atomic E-state index is 0.222. The smallest absolute Gasteiger partial charge is 0.106 e. The van der Waals surface area contributed by atoms with Crippen LogP contribution >= 0.6 is 0 Å². The number of aromatic amines is 1. The molecule has 0 aliphatic carbocycles. The number of benzene rings is 1. The van der Waals surface area contributed by atoms with E-state index in [2.05, 4.69) is 42.0 Å². The lowest BCUT2D eigenvalue weighted by Crippen LogP contribution is -2.15. The second kappa shape index (κ2) is 5.36. The zero-order valence-corrected chi connectivity index (χ0v) is 11.3. The Morgan fingerprint density at radius 2 is 2.11 bits per heavy atom. The first kappa shape index (κ1) is 12.8. The Morgan fingerprint density at radius 1 is 1.33 bits per heavy atom. The molecular formula is C15H21N3. The Balaban J connectivity index is 2.21. The highest BCUT2D eigenvalue weighted by Gasteiger charge is 2.07. The normalized spacial score (nSPS) is 12.7. The summed E-state index contributed by atoms with van der Waals surface area (Å²) in [6, 6.07) is 6.69. The number of H-pyrrole nitrogens is 1. The summed E-state index contributed by atoms with van der Waals surface area (Å²) in [6.07, 6.45) is 3.78. The van der Waals surface area contributed by atoms with Crippen LogP contribution in [0.4, 0.5) is 0 Å². The van der Waals surface area contributed by atoms with Crippen LogP contribution in [-0.2, 0) is 6.42 Å². The van der Waals surface area contributed by atoms with E-state index in [1.54, 1.807) is 0 Å². The number of nitrogens with one attached hydrogen (secondary N) is 1. The summed E-state index contributed by atoms with van der Waals surface area (Å²) in [4.78, 5) is 7.81. The van der Waals surface area contributed by atoms with Crippen molar-refractivity contribution in [3.8, 4) is 11.3 Å². The summed E-state index contributed by atoms with van der Waals surface area (Å²) in [5, 5.41) is 0. The van der Waals surface area contributed by atoms with Gasteiger partial charge < -0.3 is 10.7 Å². The maximum atomic E-state index is 5.76. The highest BCUT2D eigenvalue weighted by atomic mass is 14.9. The van der Waals surface area contributed by atoms with Gasteiger partial charge in [-0.05, 0) is 38.8 Å². The lowest BCUT2D eigenvalue weighted by atomic mass is 10.0. The molecule has 0 saturated heterocycles. The molecule has 0 amide bonds. The summed E-state index contributed by atoms with van der Waals surface area (Å²) < 4.78 is 0. The van der Waals surface area contributed by atoms with E-state index in [1.165, 1.54) is 16.7 Å². The third-order valence-corrected chi connectivity index (χ3v) is 3.15. The van der Waals surface area contributed by atoms with Gasteiger partial charge in [-0.1, -0.05) is 17.7 Å². The first-order valence-corrected chi connectivity index (χ1v) is 6.43. The molecule has 3 heteroatoms. The summed E-state index contributed by atoms with van der Waals surface area (Å²) in [6.45, 7) is 6.25. The molecule has 0 bridgehead atoms. The topological polar surface area (TPSA) is 54.7 Å². The molecule has 3 N–H and O–H groups in total. The first-order chi connectivity index (χ1) is 8.56. The van der Waals surface area contributed by atoms with E-state index in [9.17, 15) is 0 Å². The van der Waals surface area contributed by atoms with Gasteiger partial charge in [0, 0.05) is 18.0 Å². The van der Waals surface area contributed by atoms with Crippen LogP contribution in [0.25, 0.3) is 11.3 Å². The summed E-state index contributed by atoms with van der Waals surface area (Å²) in [7, 11) is 0. The van der Waals surface area contributed by atoms with E-state index in [0.717, 1.165) is 24.4 Å². The molecule has 0 radical (unpaired) electrons. The maximum Gasteiger partial charge on any atom is 0.106 e. The van der Waals surface area contributed by atoms with E-state index in [4.69, 9.17) is 5.73 Å². The van der Waals surface area contributed by atoms with Crippen molar-refractivity contribution in [2.45, 2.75) is 39.7 Å². The van der Waals surface area contributed by atoms with Gasteiger partial charge in [0.1, 0.15) is 5.82 Å². The Morgan fingerprint density at radius 3 is 2.83 bits per heavy atom. The van der Waals surface area contributed by atoms with Crippen LogP contribution in [0.15, 0.2) is 24.4 Å². The fourth-order valence-electron chi connectivity index (χ4n) is 2.02. The van der Waals surface area contributed by atoms with Gasteiger partial charge in [0.05, 0.1) is 11.9 Å². The SMILES string of the molecule is Cc1ccc(C)c(-c2cnc(CCC(C)N)[nH]2)c1.